The number of amides is 2. The first kappa shape index (κ1) is 30.2. The van der Waals surface area contributed by atoms with Crippen LogP contribution in [0.5, 0.6) is 5.75 Å². The lowest BCUT2D eigenvalue weighted by atomic mass is 9.98. The van der Waals surface area contributed by atoms with Gasteiger partial charge in [0.1, 0.15) is 5.75 Å². The Morgan fingerprint density at radius 2 is 1.76 bits per heavy atom. The van der Waals surface area contributed by atoms with Gasteiger partial charge in [0, 0.05) is 72.9 Å². The van der Waals surface area contributed by atoms with Gasteiger partial charge in [-0.2, -0.15) is 0 Å². The number of para-hydroxylation sites is 1. The molecule has 1 aliphatic heterocycles. The van der Waals surface area contributed by atoms with Crippen molar-refractivity contribution in [3.63, 3.8) is 0 Å². The number of hydrogen-bond donors (Lipinski definition) is 3. The average Bonchev–Trinajstić information content (AvgIpc) is 3.66. The van der Waals surface area contributed by atoms with Crippen molar-refractivity contribution >= 4 is 39.2 Å². The van der Waals surface area contributed by atoms with Crippen LogP contribution in [0, 0.1) is 6.92 Å². The van der Waals surface area contributed by atoms with Crippen LogP contribution in [0.15, 0.2) is 85.2 Å². The minimum absolute atomic E-state index is 0.0139. The van der Waals surface area contributed by atoms with E-state index in [1.165, 1.54) is 11.1 Å². The molecule has 0 radical (unpaired) electrons. The van der Waals surface area contributed by atoms with Gasteiger partial charge in [-0.05, 0) is 66.3 Å². The second-order valence-corrected chi connectivity index (χ2v) is 12.0. The topological polar surface area (TPSA) is 93.5 Å². The third-order valence-corrected chi connectivity index (χ3v) is 8.91. The van der Waals surface area contributed by atoms with Crippen molar-refractivity contribution in [2.45, 2.75) is 39.3 Å². The summed E-state index contributed by atoms with van der Waals surface area (Å²) in [7, 11) is 1.68. The number of aryl methyl sites for hydroxylation is 1. The Kier molecular flexibility index (Phi) is 9.03. The number of carbonyl (C=O) groups is 2. The number of fused-ring (bicyclic) bond motifs is 2. The summed E-state index contributed by atoms with van der Waals surface area (Å²) in [6.45, 7) is 6.37. The summed E-state index contributed by atoms with van der Waals surface area (Å²) in [5.41, 5.74) is 7.97. The molecule has 5 aromatic rings. The van der Waals surface area contributed by atoms with Crippen LogP contribution < -0.4 is 10.1 Å². The van der Waals surface area contributed by atoms with Gasteiger partial charge >= 0.3 is 0 Å². The molecule has 45 heavy (non-hydrogen) atoms. The Hall–Kier alpha value is -4.82. The Bertz CT molecular complexity index is 1850. The van der Waals surface area contributed by atoms with Crippen LogP contribution in [0.25, 0.3) is 27.4 Å². The highest BCUT2D eigenvalue weighted by Crippen LogP contribution is 2.31. The number of aromatic nitrogens is 2. The van der Waals surface area contributed by atoms with Crippen LogP contribution in [-0.2, 0) is 22.6 Å². The number of carbonyl (C=O) groups excluding carboxylic acids is 2. The number of ether oxygens (including phenoxy) is 1. The molecule has 1 atom stereocenters. The van der Waals surface area contributed by atoms with E-state index in [0.717, 1.165) is 57.2 Å². The standard InChI is InChI=1S/C37H41N5O3/c1-25-8-4-5-9-28(25)22-42(26(2)43)23-30(18-29-20-38-35-11-7-6-10-32(29)35)40-37(44)24-41-16-14-27(15-17-41)34-21-39-36-13-12-31(45-3)19-33(34)36/h4-14,19-21,30,38-39H,15-18,22-24H2,1-3H3,(H,40,44)/t30-/m1/s1. The molecule has 0 saturated heterocycles. The van der Waals surface area contributed by atoms with Crippen LogP contribution >= 0.6 is 0 Å². The van der Waals surface area contributed by atoms with Crippen molar-refractivity contribution in [1.29, 1.82) is 0 Å². The van der Waals surface area contributed by atoms with E-state index in [2.05, 4.69) is 69.7 Å². The number of methoxy groups -OCH3 is 1. The minimum atomic E-state index is -0.248. The zero-order chi connectivity index (χ0) is 31.3. The lowest BCUT2D eigenvalue weighted by Crippen LogP contribution is -2.49. The Morgan fingerprint density at radius 3 is 2.53 bits per heavy atom. The molecule has 3 aromatic carbocycles. The Labute approximate surface area is 264 Å². The highest BCUT2D eigenvalue weighted by Gasteiger charge is 2.23. The summed E-state index contributed by atoms with van der Waals surface area (Å²) in [5.74, 6) is 0.787. The number of benzene rings is 3. The first-order chi connectivity index (χ1) is 21.9. The SMILES string of the molecule is COc1ccc2[nH]cc(C3=CCN(CC(=O)N[C@H](Cc4c[nH]c5ccccc45)CN(Cc4ccccc4C)C(C)=O)CC3)c2c1. The zero-order valence-corrected chi connectivity index (χ0v) is 26.2. The summed E-state index contributed by atoms with van der Waals surface area (Å²) < 4.78 is 5.44. The van der Waals surface area contributed by atoms with E-state index in [-0.39, 0.29) is 17.9 Å². The summed E-state index contributed by atoms with van der Waals surface area (Å²) in [5, 5.41) is 5.58. The third-order valence-electron chi connectivity index (χ3n) is 8.91. The average molecular weight is 604 g/mol. The van der Waals surface area contributed by atoms with Gasteiger partial charge in [0.25, 0.3) is 0 Å². The van der Waals surface area contributed by atoms with Gasteiger partial charge in [-0.3, -0.25) is 14.5 Å². The van der Waals surface area contributed by atoms with E-state index in [1.54, 1.807) is 14.0 Å². The first-order valence-corrected chi connectivity index (χ1v) is 15.6. The monoisotopic (exact) mass is 603 g/mol. The summed E-state index contributed by atoms with van der Waals surface area (Å²) in [6.07, 6.45) is 7.76. The smallest absolute Gasteiger partial charge is 0.234 e. The molecular formula is C37H41N5O3. The molecule has 2 amide bonds. The molecule has 3 heterocycles. The molecule has 232 valence electrons. The highest BCUT2D eigenvalue weighted by atomic mass is 16.5. The van der Waals surface area contributed by atoms with Gasteiger partial charge in [-0.1, -0.05) is 48.5 Å². The second kappa shape index (κ2) is 13.4. The number of H-pyrrole nitrogens is 2. The van der Waals surface area contributed by atoms with Gasteiger partial charge in [-0.25, -0.2) is 0 Å². The number of hydrogen-bond acceptors (Lipinski definition) is 4. The molecule has 3 N–H and O–H groups in total. The normalized spacial score (nSPS) is 14.3. The van der Waals surface area contributed by atoms with E-state index in [4.69, 9.17) is 4.74 Å². The van der Waals surface area contributed by atoms with Crippen molar-refractivity contribution in [1.82, 2.24) is 25.1 Å². The van der Waals surface area contributed by atoms with Crippen LogP contribution in [0.2, 0.25) is 0 Å². The van der Waals surface area contributed by atoms with E-state index in [9.17, 15) is 9.59 Å². The predicted molar refractivity (Wildman–Crippen MR) is 180 cm³/mol. The molecule has 1 aliphatic rings. The number of rotatable bonds is 11. The van der Waals surface area contributed by atoms with Crippen LogP contribution in [0.4, 0.5) is 0 Å². The molecule has 0 spiro atoms. The third kappa shape index (κ3) is 6.97. The fourth-order valence-electron chi connectivity index (χ4n) is 6.36. The Morgan fingerprint density at radius 1 is 0.978 bits per heavy atom. The lowest BCUT2D eigenvalue weighted by molar-refractivity contribution is -0.131. The fraction of sp³-hybridized carbons (Fsp3) is 0.297. The van der Waals surface area contributed by atoms with Crippen molar-refractivity contribution in [3.8, 4) is 5.75 Å². The number of nitrogens with one attached hydrogen (secondary N) is 3. The van der Waals surface area contributed by atoms with E-state index in [0.29, 0.717) is 32.6 Å². The second-order valence-electron chi connectivity index (χ2n) is 12.0. The van der Waals surface area contributed by atoms with Crippen LogP contribution in [0.3, 0.4) is 0 Å². The molecule has 2 aromatic heterocycles. The van der Waals surface area contributed by atoms with Crippen molar-refractivity contribution < 1.29 is 14.3 Å². The number of nitrogens with zero attached hydrogens (tertiary/aromatic N) is 2. The molecule has 0 fully saturated rings. The highest BCUT2D eigenvalue weighted by molar-refractivity contribution is 5.93. The lowest BCUT2D eigenvalue weighted by Gasteiger charge is -2.30. The maximum atomic E-state index is 13.5. The van der Waals surface area contributed by atoms with Crippen molar-refractivity contribution in [2.75, 3.05) is 33.3 Å². The fourth-order valence-corrected chi connectivity index (χ4v) is 6.36. The first-order valence-electron chi connectivity index (χ1n) is 15.6. The predicted octanol–water partition coefficient (Wildman–Crippen LogP) is 5.83. The molecule has 0 bridgehead atoms. The molecule has 0 unspecified atom stereocenters. The molecule has 8 nitrogen and oxygen atoms in total. The molecule has 8 heteroatoms. The quantitative estimate of drug-likeness (QED) is 0.177. The molecule has 0 saturated carbocycles. The van der Waals surface area contributed by atoms with E-state index in [1.807, 2.05) is 47.5 Å². The Balaban J connectivity index is 1.15. The van der Waals surface area contributed by atoms with Gasteiger partial charge in [0.15, 0.2) is 0 Å². The van der Waals surface area contributed by atoms with Gasteiger partial charge < -0.3 is 24.9 Å². The van der Waals surface area contributed by atoms with Gasteiger partial charge in [0.05, 0.1) is 19.7 Å². The van der Waals surface area contributed by atoms with Crippen molar-refractivity contribution in [2.24, 2.45) is 0 Å². The summed E-state index contributed by atoms with van der Waals surface area (Å²) >= 11 is 0. The van der Waals surface area contributed by atoms with E-state index < -0.39 is 0 Å². The maximum Gasteiger partial charge on any atom is 0.234 e. The molecule has 6 rings (SSSR count). The van der Waals surface area contributed by atoms with Gasteiger partial charge in [-0.15, -0.1) is 0 Å². The minimum Gasteiger partial charge on any atom is -0.497 e. The summed E-state index contributed by atoms with van der Waals surface area (Å²) in [6, 6.07) is 22.1. The number of aromatic amines is 2. The van der Waals surface area contributed by atoms with Gasteiger partial charge in [0.2, 0.25) is 11.8 Å². The van der Waals surface area contributed by atoms with E-state index >= 15 is 0 Å². The maximum absolute atomic E-state index is 13.5. The van der Waals surface area contributed by atoms with Crippen molar-refractivity contribution in [3.05, 3.63) is 107 Å². The van der Waals surface area contributed by atoms with Crippen LogP contribution in [0.1, 0.15) is 35.6 Å². The molecule has 0 aliphatic carbocycles. The largest absolute Gasteiger partial charge is 0.497 e. The molecular weight excluding hydrogens is 562 g/mol. The zero-order valence-electron chi connectivity index (χ0n) is 26.2. The summed E-state index contributed by atoms with van der Waals surface area (Å²) in [4.78, 5) is 37.1. The van der Waals surface area contributed by atoms with Crippen LogP contribution in [-0.4, -0.2) is 70.9 Å².